The Balaban J connectivity index is 1.66. The molecule has 2 unspecified atom stereocenters. The summed E-state index contributed by atoms with van der Waals surface area (Å²) in [7, 11) is -1.20. The first-order valence-electron chi connectivity index (χ1n) is 6.60. The standard InChI is InChI=1S/C16H14O4S/c17-16(18)11-5-7-14(8-6-11)21(19)10-13-9-12-3-1-2-4-15(12)20-13/h1-8,13H,9-10H2,(H,17,18). The molecule has 2 atom stereocenters. The van der Waals surface area contributed by atoms with E-state index in [0.29, 0.717) is 10.6 Å². The molecule has 5 heteroatoms. The number of rotatable bonds is 4. The van der Waals surface area contributed by atoms with Crippen molar-refractivity contribution in [3.8, 4) is 5.75 Å². The lowest BCUT2D eigenvalue weighted by Gasteiger charge is -2.10. The van der Waals surface area contributed by atoms with Crippen molar-refractivity contribution in [2.45, 2.75) is 17.4 Å². The lowest BCUT2D eigenvalue weighted by atomic mass is 10.1. The molecule has 1 aliphatic heterocycles. The highest BCUT2D eigenvalue weighted by Gasteiger charge is 2.24. The monoisotopic (exact) mass is 302 g/mol. The van der Waals surface area contributed by atoms with Gasteiger partial charge in [0.05, 0.1) is 22.1 Å². The van der Waals surface area contributed by atoms with Gasteiger partial charge in [-0.3, -0.25) is 4.21 Å². The molecule has 2 aromatic carbocycles. The number of carbonyl (C=O) groups is 1. The van der Waals surface area contributed by atoms with E-state index in [1.807, 2.05) is 24.3 Å². The molecule has 1 N–H and O–H groups in total. The molecule has 3 rings (SSSR count). The van der Waals surface area contributed by atoms with Crippen LogP contribution in [0.15, 0.2) is 53.4 Å². The number of para-hydroxylation sites is 1. The summed E-state index contributed by atoms with van der Waals surface area (Å²) in [6.45, 7) is 0. The van der Waals surface area contributed by atoms with Crippen molar-refractivity contribution < 1.29 is 18.8 Å². The molecule has 0 radical (unpaired) electrons. The van der Waals surface area contributed by atoms with Gasteiger partial charge in [-0.25, -0.2) is 4.79 Å². The maximum Gasteiger partial charge on any atom is 0.335 e. The fourth-order valence-electron chi connectivity index (χ4n) is 2.36. The van der Waals surface area contributed by atoms with Gasteiger partial charge in [-0.1, -0.05) is 18.2 Å². The zero-order valence-electron chi connectivity index (χ0n) is 11.2. The summed E-state index contributed by atoms with van der Waals surface area (Å²) >= 11 is 0. The Labute approximate surface area is 124 Å². The molecule has 21 heavy (non-hydrogen) atoms. The van der Waals surface area contributed by atoms with E-state index in [-0.39, 0.29) is 11.7 Å². The third-order valence-corrected chi connectivity index (χ3v) is 4.89. The molecule has 0 saturated heterocycles. The second-order valence-electron chi connectivity index (χ2n) is 4.89. The molecule has 1 aliphatic rings. The minimum absolute atomic E-state index is 0.0950. The maximum absolute atomic E-state index is 12.3. The SMILES string of the molecule is O=C(O)c1ccc(S(=O)CC2Cc3ccccc3O2)cc1. The van der Waals surface area contributed by atoms with Gasteiger partial charge in [0, 0.05) is 11.3 Å². The summed E-state index contributed by atoms with van der Waals surface area (Å²) in [6, 6.07) is 14.0. The third kappa shape index (κ3) is 2.97. The normalized spacial score (nSPS) is 17.8. The summed E-state index contributed by atoms with van der Waals surface area (Å²) in [5, 5.41) is 8.85. The lowest BCUT2D eigenvalue weighted by Crippen LogP contribution is -2.21. The van der Waals surface area contributed by atoms with Gasteiger partial charge in [-0.2, -0.15) is 0 Å². The van der Waals surface area contributed by atoms with Crippen LogP contribution in [0.5, 0.6) is 5.75 Å². The fourth-order valence-corrected chi connectivity index (χ4v) is 3.52. The van der Waals surface area contributed by atoms with E-state index in [1.165, 1.54) is 12.1 Å². The minimum Gasteiger partial charge on any atom is -0.489 e. The van der Waals surface area contributed by atoms with Crippen molar-refractivity contribution in [3.05, 3.63) is 59.7 Å². The summed E-state index contributed by atoms with van der Waals surface area (Å²) < 4.78 is 18.1. The van der Waals surface area contributed by atoms with Gasteiger partial charge in [-0.05, 0) is 35.9 Å². The van der Waals surface area contributed by atoms with Crippen LogP contribution in [-0.4, -0.2) is 27.1 Å². The van der Waals surface area contributed by atoms with Crippen molar-refractivity contribution in [1.29, 1.82) is 0 Å². The molecular formula is C16H14O4S. The molecule has 0 bridgehead atoms. The Morgan fingerprint density at radius 1 is 1.19 bits per heavy atom. The molecule has 108 valence electrons. The van der Waals surface area contributed by atoms with Crippen LogP contribution in [0.4, 0.5) is 0 Å². The van der Waals surface area contributed by atoms with Gasteiger partial charge in [0.15, 0.2) is 0 Å². The van der Waals surface area contributed by atoms with E-state index in [0.717, 1.165) is 17.7 Å². The largest absolute Gasteiger partial charge is 0.489 e. The predicted molar refractivity (Wildman–Crippen MR) is 79.2 cm³/mol. The Kier molecular flexibility index (Phi) is 3.75. The Morgan fingerprint density at radius 3 is 2.57 bits per heavy atom. The average molecular weight is 302 g/mol. The molecule has 1 heterocycles. The highest BCUT2D eigenvalue weighted by Crippen LogP contribution is 2.29. The lowest BCUT2D eigenvalue weighted by molar-refractivity contribution is 0.0697. The number of fused-ring (bicyclic) bond motifs is 1. The zero-order valence-corrected chi connectivity index (χ0v) is 12.0. The Hall–Kier alpha value is -2.14. The number of benzene rings is 2. The van der Waals surface area contributed by atoms with Gasteiger partial charge < -0.3 is 9.84 Å². The Morgan fingerprint density at radius 2 is 1.90 bits per heavy atom. The van der Waals surface area contributed by atoms with Gasteiger partial charge >= 0.3 is 5.97 Å². The van der Waals surface area contributed by atoms with Gasteiger partial charge in [0.2, 0.25) is 0 Å². The molecule has 0 aromatic heterocycles. The van der Waals surface area contributed by atoms with E-state index in [4.69, 9.17) is 9.84 Å². The number of hydrogen-bond donors (Lipinski definition) is 1. The molecule has 2 aromatic rings. The first-order valence-corrected chi connectivity index (χ1v) is 7.91. The van der Waals surface area contributed by atoms with E-state index in [1.54, 1.807) is 12.1 Å². The van der Waals surface area contributed by atoms with Crippen molar-refractivity contribution in [1.82, 2.24) is 0 Å². The summed E-state index contributed by atoms with van der Waals surface area (Å²) in [6.07, 6.45) is 0.664. The molecule has 0 aliphatic carbocycles. The van der Waals surface area contributed by atoms with Crippen molar-refractivity contribution in [3.63, 3.8) is 0 Å². The molecule has 0 saturated carbocycles. The summed E-state index contributed by atoms with van der Waals surface area (Å²) in [5.41, 5.74) is 1.33. The van der Waals surface area contributed by atoms with Crippen molar-refractivity contribution in [2.24, 2.45) is 0 Å². The number of carboxylic acid groups (broad SMARTS) is 1. The minimum atomic E-state index is -1.20. The summed E-state index contributed by atoms with van der Waals surface area (Å²) in [4.78, 5) is 11.4. The number of carboxylic acids is 1. The van der Waals surface area contributed by atoms with Crippen LogP contribution in [-0.2, 0) is 17.2 Å². The molecule has 0 amide bonds. The van der Waals surface area contributed by atoms with E-state index in [2.05, 4.69) is 0 Å². The molecule has 0 spiro atoms. The topological polar surface area (TPSA) is 63.6 Å². The summed E-state index contributed by atoms with van der Waals surface area (Å²) in [5.74, 6) is 0.281. The van der Waals surface area contributed by atoms with Crippen LogP contribution >= 0.6 is 0 Å². The smallest absolute Gasteiger partial charge is 0.335 e. The van der Waals surface area contributed by atoms with Crippen LogP contribution in [0.2, 0.25) is 0 Å². The number of hydrogen-bond acceptors (Lipinski definition) is 3. The van der Waals surface area contributed by atoms with E-state index in [9.17, 15) is 9.00 Å². The first kappa shape index (κ1) is 13.8. The predicted octanol–water partition coefficient (Wildman–Crippen LogP) is 2.50. The molecule has 0 fully saturated rings. The molecule has 4 nitrogen and oxygen atoms in total. The first-order chi connectivity index (χ1) is 10.1. The Bertz CT molecular complexity index is 669. The van der Waals surface area contributed by atoms with Gasteiger partial charge in [0.1, 0.15) is 11.9 Å². The van der Waals surface area contributed by atoms with Crippen molar-refractivity contribution >= 4 is 16.8 Å². The van der Waals surface area contributed by atoms with Gasteiger partial charge in [-0.15, -0.1) is 0 Å². The number of ether oxygens (including phenoxy) is 1. The van der Waals surface area contributed by atoms with Crippen LogP contribution in [0.25, 0.3) is 0 Å². The van der Waals surface area contributed by atoms with Crippen LogP contribution in [0.1, 0.15) is 15.9 Å². The highest BCUT2D eigenvalue weighted by molar-refractivity contribution is 7.85. The second-order valence-corrected chi connectivity index (χ2v) is 6.39. The van der Waals surface area contributed by atoms with Crippen LogP contribution in [0, 0.1) is 0 Å². The van der Waals surface area contributed by atoms with Crippen LogP contribution in [0.3, 0.4) is 0 Å². The average Bonchev–Trinajstić information content (AvgIpc) is 2.89. The fraction of sp³-hybridized carbons (Fsp3) is 0.188. The second kappa shape index (κ2) is 5.69. The number of aromatic carboxylic acids is 1. The maximum atomic E-state index is 12.3. The van der Waals surface area contributed by atoms with E-state index >= 15 is 0 Å². The van der Waals surface area contributed by atoms with Crippen molar-refractivity contribution in [2.75, 3.05) is 5.75 Å². The zero-order chi connectivity index (χ0) is 14.8. The van der Waals surface area contributed by atoms with E-state index < -0.39 is 16.8 Å². The quantitative estimate of drug-likeness (QED) is 0.942. The van der Waals surface area contributed by atoms with Gasteiger partial charge in [0.25, 0.3) is 0 Å². The third-order valence-electron chi connectivity index (χ3n) is 3.42. The highest BCUT2D eigenvalue weighted by atomic mass is 32.2. The molecular weight excluding hydrogens is 288 g/mol. The van der Waals surface area contributed by atoms with Crippen LogP contribution < -0.4 is 4.74 Å².